The fourth-order valence-corrected chi connectivity index (χ4v) is 3.01. The van der Waals surface area contributed by atoms with Crippen molar-refractivity contribution in [2.45, 2.75) is 19.4 Å². The molecular formula is C19H21N3O3S. The lowest BCUT2D eigenvalue weighted by Crippen LogP contribution is -2.33. The van der Waals surface area contributed by atoms with Gasteiger partial charge in [0.15, 0.2) is 5.11 Å². The molecule has 26 heavy (non-hydrogen) atoms. The minimum Gasteiger partial charge on any atom is -0.507 e. The Morgan fingerprint density at radius 2 is 2.12 bits per heavy atom. The zero-order valence-corrected chi connectivity index (χ0v) is 15.5. The number of thiocarbonyl (C=S) groups is 1. The quantitative estimate of drug-likeness (QED) is 0.566. The smallest absolute Gasteiger partial charge is 0.186 e. The summed E-state index contributed by atoms with van der Waals surface area (Å²) in [4.78, 5) is 0. The Morgan fingerprint density at radius 3 is 2.81 bits per heavy atom. The minimum absolute atomic E-state index is 0.0563. The summed E-state index contributed by atoms with van der Waals surface area (Å²) in [6.45, 7) is 2.65. The number of benzene rings is 2. The van der Waals surface area contributed by atoms with Gasteiger partial charge in [0, 0.05) is 25.1 Å². The van der Waals surface area contributed by atoms with Crippen LogP contribution in [-0.4, -0.2) is 29.6 Å². The maximum absolute atomic E-state index is 10.4. The highest BCUT2D eigenvalue weighted by molar-refractivity contribution is 7.80. The van der Waals surface area contributed by atoms with Crippen LogP contribution in [0, 0.1) is 0 Å². The third-order valence-electron chi connectivity index (χ3n) is 4.03. The number of phenolic OH excluding ortho intramolecular Hbond substituents is 1. The monoisotopic (exact) mass is 371 g/mol. The largest absolute Gasteiger partial charge is 0.507 e. The van der Waals surface area contributed by atoms with Crippen molar-refractivity contribution in [1.29, 1.82) is 0 Å². The summed E-state index contributed by atoms with van der Waals surface area (Å²) in [5.74, 6) is 1.10. The highest BCUT2D eigenvalue weighted by atomic mass is 32.1. The number of methoxy groups -OCH3 is 1. The van der Waals surface area contributed by atoms with Crippen molar-refractivity contribution in [2.75, 3.05) is 13.7 Å². The van der Waals surface area contributed by atoms with Crippen LogP contribution < -0.4 is 20.2 Å². The average molecular weight is 371 g/mol. The second kappa shape index (κ2) is 8.05. The maximum atomic E-state index is 10.4. The molecule has 7 heteroatoms. The summed E-state index contributed by atoms with van der Waals surface area (Å²) in [6.07, 6.45) is 0.280. The fourth-order valence-electron chi connectivity index (χ4n) is 2.82. The number of hydrogen-bond acceptors (Lipinski definition) is 5. The molecule has 0 unspecified atom stereocenters. The number of rotatable bonds is 4. The minimum atomic E-state index is -0.219. The molecule has 2 aromatic rings. The fraction of sp³-hybridized carbons (Fsp3) is 0.263. The summed E-state index contributed by atoms with van der Waals surface area (Å²) in [6, 6.07) is 13.2. The zero-order valence-electron chi connectivity index (χ0n) is 14.7. The number of phenols is 1. The molecule has 0 aromatic heterocycles. The lowest BCUT2D eigenvalue weighted by atomic mass is 9.95. The molecule has 136 valence electrons. The first-order valence-corrected chi connectivity index (χ1v) is 8.76. The molecule has 1 aliphatic heterocycles. The summed E-state index contributed by atoms with van der Waals surface area (Å²) in [5, 5.41) is 18.3. The normalized spacial score (nSPS) is 17.2. The second-order valence-electron chi connectivity index (χ2n) is 5.77. The van der Waals surface area contributed by atoms with Gasteiger partial charge in [0.05, 0.1) is 18.4 Å². The Kier molecular flexibility index (Phi) is 5.58. The van der Waals surface area contributed by atoms with Gasteiger partial charge < -0.3 is 19.9 Å². The number of ether oxygens (including phenoxy) is 2. The van der Waals surface area contributed by atoms with Crippen LogP contribution >= 0.6 is 12.2 Å². The summed E-state index contributed by atoms with van der Waals surface area (Å²) in [5.41, 5.74) is 5.08. The number of fused-ring (bicyclic) bond motifs is 1. The Morgan fingerprint density at radius 1 is 1.35 bits per heavy atom. The summed E-state index contributed by atoms with van der Waals surface area (Å²) < 4.78 is 11.4. The van der Waals surface area contributed by atoms with Crippen LogP contribution in [0.3, 0.4) is 0 Å². The summed E-state index contributed by atoms with van der Waals surface area (Å²) >= 11 is 5.17. The van der Waals surface area contributed by atoms with E-state index in [4.69, 9.17) is 21.7 Å². The number of nitrogens with zero attached hydrogens (tertiary/aromatic N) is 1. The highest BCUT2D eigenvalue weighted by Gasteiger charge is 2.29. The van der Waals surface area contributed by atoms with Crippen LogP contribution in [0.25, 0.3) is 0 Å². The van der Waals surface area contributed by atoms with Crippen LogP contribution in [0.2, 0.25) is 0 Å². The first-order valence-electron chi connectivity index (χ1n) is 8.35. The molecular weight excluding hydrogens is 350 g/mol. The van der Waals surface area contributed by atoms with E-state index in [0.717, 1.165) is 5.56 Å². The molecule has 3 rings (SSSR count). The van der Waals surface area contributed by atoms with Crippen molar-refractivity contribution < 1.29 is 14.6 Å². The first kappa shape index (κ1) is 18.0. The van der Waals surface area contributed by atoms with E-state index in [-0.39, 0.29) is 11.9 Å². The molecule has 0 fully saturated rings. The van der Waals surface area contributed by atoms with E-state index >= 15 is 0 Å². The van der Waals surface area contributed by atoms with Crippen LogP contribution in [0.5, 0.6) is 17.2 Å². The van der Waals surface area contributed by atoms with Gasteiger partial charge in [0.2, 0.25) is 0 Å². The number of hydrazone groups is 1. The van der Waals surface area contributed by atoms with E-state index in [1.165, 1.54) is 0 Å². The molecule has 2 aromatic carbocycles. The average Bonchev–Trinajstić information content (AvgIpc) is 2.66. The van der Waals surface area contributed by atoms with Crippen molar-refractivity contribution in [1.82, 2.24) is 10.7 Å². The van der Waals surface area contributed by atoms with Gasteiger partial charge in [-0.15, -0.1) is 0 Å². The number of aromatic hydroxyl groups is 1. The van der Waals surface area contributed by atoms with E-state index in [0.29, 0.717) is 40.9 Å². The molecule has 0 radical (unpaired) electrons. The van der Waals surface area contributed by atoms with Crippen LogP contribution in [0.15, 0.2) is 47.6 Å². The van der Waals surface area contributed by atoms with E-state index in [1.807, 2.05) is 37.3 Å². The van der Waals surface area contributed by atoms with Gasteiger partial charge in [-0.25, -0.2) is 0 Å². The van der Waals surface area contributed by atoms with Gasteiger partial charge in [-0.3, -0.25) is 5.43 Å². The van der Waals surface area contributed by atoms with Crippen molar-refractivity contribution in [3.8, 4) is 17.2 Å². The van der Waals surface area contributed by atoms with Crippen molar-refractivity contribution in [3.63, 3.8) is 0 Å². The topological polar surface area (TPSA) is 75.1 Å². The SMILES string of the molecule is CCNC(=S)N/N=C1\C[C@H](c2ccccc2)Oc2cc(OC)cc(O)c21. The molecule has 6 nitrogen and oxygen atoms in total. The molecule has 0 spiro atoms. The lowest BCUT2D eigenvalue weighted by molar-refractivity contribution is 0.204. The molecule has 1 heterocycles. The van der Waals surface area contributed by atoms with Crippen LogP contribution in [0.1, 0.15) is 30.6 Å². The maximum Gasteiger partial charge on any atom is 0.186 e. The van der Waals surface area contributed by atoms with Gasteiger partial charge in [0.1, 0.15) is 23.4 Å². The Bertz CT molecular complexity index is 824. The van der Waals surface area contributed by atoms with Crippen LogP contribution in [-0.2, 0) is 0 Å². The standard InChI is InChI=1S/C19H21N3O3S/c1-3-20-19(26)22-21-14-11-16(12-7-5-4-6-8-12)25-17-10-13(24-2)9-15(23)18(14)17/h4-10,16,23H,3,11H2,1-2H3,(H2,20,22,26)/b21-14+/t16-/m1/s1. The molecule has 1 aliphatic rings. The second-order valence-corrected chi connectivity index (χ2v) is 6.18. The first-order chi connectivity index (χ1) is 12.6. The van der Waals surface area contributed by atoms with Gasteiger partial charge >= 0.3 is 0 Å². The molecule has 0 amide bonds. The van der Waals surface area contributed by atoms with Crippen molar-refractivity contribution in [3.05, 3.63) is 53.6 Å². The molecule has 0 aliphatic carbocycles. The number of hydrogen-bond donors (Lipinski definition) is 3. The van der Waals surface area contributed by atoms with Gasteiger partial charge in [-0.1, -0.05) is 30.3 Å². The van der Waals surface area contributed by atoms with E-state index in [9.17, 15) is 5.11 Å². The van der Waals surface area contributed by atoms with Crippen molar-refractivity contribution >= 4 is 23.0 Å². The molecule has 0 bridgehead atoms. The third kappa shape index (κ3) is 3.88. The number of nitrogens with one attached hydrogen (secondary N) is 2. The van der Waals surface area contributed by atoms with Crippen molar-refractivity contribution in [2.24, 2.45) is 5.10 Å². The molecule has 0 saturated heterocycles. The Hall–Kier alpha value is -2.80. The lowest BCUT2D eigenvalue weighted by Gasteiger charge is -2.28. The predicted octanol–water partition coefficient (Wildman–Crippen LogP) is 3.11. The predicted molar refractivity (Wildman–Crippen MR) is 105 cm³/mol. The Balaban J connectivity index is 1.99. The molecule has 0 saturated carbocycles. The molecule has 1 atom stereocenters. The van der Waals surface area contributed by atoms with Crippen LogP contribution in [0.4, 0.5) is 0 Å². The zero-order chi connectivity index (χ0) is 18.5. The highest BCUT2D eigenvalue weighted by Crippen LogP contribution is 2.42. The molecule has 3 N–H and O–H groups in total. The van der Waals surface area contributed by atoms with E-state index in [2.05, 4.69) is 15.8 Å². The van der Waals surface area contributed by atoms with E-state index < -0.39 is 0 Å². The van der Waals surface area contributed by atoms with Gasteiger partial charge in [0.25, 0.3) is 0 Å². The third-order valence-corrected chi connectivity index (χ3v) is 4.26. The summed E-state index contributed by atoms with van der Waals surface area (Å²) in [7, 11) is 1.55. The van der Waals surface area contributed by atoms with Gasteiger partial charge in [-0.2, -0.15) is 5.10 Å². The Labute approximate surface area is 157 Å². The van der Waals surface area contributed by atoms with E-state index in [1.54, 1.807) is 19.2 Å². The van der Waals surface area contributed by atoms with Gasteiger partial charge in [-0.05, 0) is 24.7 Å².